The van der Waals surface area contributed by atoms with E-state index < -0.39 is 5.91 Å². The first-order valence-corrected chi connectivity index (χ1v) is 6.22. The maximum atomic E-state index is 11.9. The summed E-state index contributed by atoms with van der Waals surface area (Å²) in [6, 6.07) is 9.83. The highest BCUT2D eigenvalue weighted by molar-refractivity contribution is 6.29. The molecule has 5 nitrogen and oxygen atoms in total. The van der Waals surface area contributed by atoms with Gasteiger partial charge in [-0.2, -0.15) is 0 Å². The Kier molecular flexibility index (Phi) is 4.32. The largest absolute Gasteiger partial charge is 0.366 e. The second-order valence-corrected chi connectivity index (χ2v) is 4.50. The molecule has 0 bridgehead atoms. The number of aromatic nitrogens is 1. The number of carbonyl (C=O) groups is 2. The Bertz CT molecular complexity index is 658. The molecule has 102 valence electrons. The van der Waals surface area contributed by atoms with Gasteiger partial charge in [0.15, 0.2) is 0 Å². The topological polar surface area (TPSA) is 85.1 Å². The molecule has 0 unspecified atom stereocenters. The molecule has 6 heteroatoms. The average molecular weight is 290 g/mol. The minimum absolute atomic E-state index is 0.258. The highest BCUT2D eigenvalue weighted by atomic mass is 35.5. The van der Waals surface area contributed by atoms with Crippen molar-refractivity contribution in [2.24, 2.45) is 5.73 Å². The van der Waals surface area contributed by atoms with Crippen LogP contribution in [-0.4, -0.2) is 16.8 Å². The Morgan fingerprint density at radius 2 is 2.00 bits per heavy atom. The Labute approximate surface area is 120 Å². The van der Waals surface area contributed by atoms with Gasteiger partial charge in [-0.15, -0.1) is 0 Å². The van der Waals surface area contributed by atoms with Crippen LogP contribution in [0.5, 0.6) is 0 Å². The van der Waals surface area contributed by atoms with Crippen LogP contribution in [0.2, 0.25) is 5.15 Å². The number of nitrogens with two attached hydrogens (primary N) is 1. The minimum Gasteiger partial charge on any atom is -0.366 e. The van der Waals surface area contributed by atoms with Gasteiger partial charge in [-0.05, 0) is 29.8 Å². The van der Waals surface area contributed by atoms with Gasteiger partial charge in [0.1, 0.15) is 5.15 Å². The lowest BCUT2D eigenvalue weighted by atomic mass is 10.1. The van der Waals surface area contributed by atoms with Crippen molar-refractivity contribution in [2.75, 3.05) is 0 Å². The average Bonchev–Trinajstić information content (AvgIpc) is 2.45. The molecule has 0 aliphatic carbocycles. The number of primary amides is 1. The fraction of sp³-hybridized carbons (Fsp3) is 0.0714. The predicted octanol–water partition coefficient (Wildman–Crippen LogP) is 1.76. The molecule has 0 fully saturated rings. The number of rotatable bonds is 4. The fourth-order valence-corrected chi connectivity index (χ4v) is 1.84. The van der Waals surface area contributed by atoms with Crippen LogP contribution in [-0.2, 0) is 6.54 Å². The van der Waals surface area contributed by atoms with Crippen molar-refractivity contribution in [3.05, 3.63) is 64.4 Å². The van der Waals surface area contributed by atoms with Crippen molar-refractivity contribution in [1.29, 1.82) is 0 Å². The summed E-state index contributed by atoms with van der Waals surface area (Å²) in [5.74, 6) is -0.766. The summed E-state index contributed by atoms with van der Waals surface area (Å²) < 4.78 is 0. The molecule has 1 heterocycles. The molecule has 2 aromatic rings. The number of amides is 2. The number of hydrogen-bond donors (Lipinski definition) is 2. The number of nitrogens with zero attached hydrogens (tertiary/aromatic N) is 1. The highest BCUT2D eigenvalue weighted by Crippen LogP contribution is 2.08. The van der Waals surface area contributed by atoms with Gasteiger partial charge < -0.3 is 11.1 Å². The standard InChI is InChI=1S/C14H12ClN3O2/c15-12-7-11(4-5-17-12)14(20)18-8-9-2-1-3-10(6-9)13(16)19/h1-7H,8H2,(H2,16,19)(H,18,20). The van der Waals surface area contributed by atoms with E-state index in [9.17, 15) is 9.59 Å². The monoisotopic (exact) mass is 289 g/mol. The van der Waals surface area contributed by atoms with Crippen LogP contribution < -0.4 is 11.1 Å². The van der Waals surface area contributed by atoms with Gasteiger partial charge in [-0.25, -0.2) is 4.98 Å². The molecule has 0 aliphatic heterocycles. The van der Waals surface area contributed by atoms with Crippen molar-refractivity contribution in [3.63, 3.8) is 0 Å². The first-order chi connectivity index (χ1) is 9.56. The smallest absolute Gasteiger partial charge is 0.251 e. The lowest BCUT2D eigenvalue weighted by Crippen LogP contribution is -2.23. The Morgan fingerprint density at radius 1 is 1.20 bits per heavy atom. The van der Waals surface area contributed by atoms with Crippen molar-refractivity contribution in [1.82, 2.24) is 10.3 Å². The van der Waals surface area contributed by atoms with Crippen LogP contribution in [0.4, 0.5) is 0 Å². The molecule has 20 heavy (non-hydrogen) atoms. The number of pyridine rings is 1. The van der Waals surface area contributed by atoms with Crippen molar-refractivity contribution >= 4 is 23.4 Å². The molecule has 0 spiro atoms. The molecule has 0 saturated carbocycles. The number of hydrogen-bond acceptors (Lipinski definition) is 3. The molecule has 0 atom stereocenters. The molecule has 2 amide bonds. The van der Waals surface area contributed by atoms with Gasteiger partial charge in [0.25, 0.3) is 5.91 Å². The van der Waals surface area contributed by atoms with E-state index >= 15 is 0 Å². The van der Waals surface area contributed by atoms with E-state index in [0.717, 1.165) is 5.56 Å². The van der Waals surface area contributed by atoms with Crippen LogP contribution in [0, 0.1) is 0 Å². The zero-order valence-corrected chi connectivity index (χ0v) is 11.2. The maximum absolute atomic E-state index is 11.9. The second-order valence-electron chi connectivity index (χ2n) is 4.11. The third kappa shape index (κ3) is 3.55. The van der Waals surface area contributed by atoms with Crippen LogP contribution >= 0.6 is 11.6 Å². The van der Waals surface area contributed by atoms with E-state index in [4.69, 9.17) is 17.3 Å². The molecule has 0 saturated heterocycles. The molecule has 3 N–H and O–H groups in total. The van der Waals surface area contributed by atoms with Crippen molar-refractivity contribution in [2.45, 2.75) is 6.54 Å². The summed E-state index contributed by atoms with van der Waals surface area (Å²) in [4.78, 5) is 26.8. The van der Waals surface area contributed by atoms with Crippen molar-refractivity contribution < 1.29 is 9.59 Å². The van der Waals surface area contributed by atoms with Crippen LogP contribution in [0.1, 0.15) is 26.3 Å². The Balaban J connectivity index is 2.03. The van der Waals surface area contributed by atoms with Gasteiger partial charge in [0.05, 0.1) is 0 Å². The molecular weight excluding hydrogens is 278 g/mol. The summed E-state index contributed by atoms with van der Waals surface area (Å²) in [6.45, 7) is 0.292. The molecule has 1 aromatic heterocycles. The van der Waals surface area contributed by atoms with E-state index in [1.165, 1.54) is 12.3 Å². The third-order valence-corrected chi connectivity index (χ3v) is 2.86. The van der Waals surface area contributed by atoms with Crippen LogP contribution in [0.15, 0.2) is 42.6 Å². The summed E-state index contributed by atoms with van der Waals surface area (Å²) in [6.07, 6.45) is 1.46. The summed E-state index contributed by atoms with van der Waals surface area (Å²) >= 11 is 5.72. The number of benzene rings is 1. The Hall–Kier alpha value is -2.40. The van der Waals surface area contributed by atoms with Gasteiger partial charge >= 0.3 is 0 Å². The molecular formula is C14H12ClN3O2. The van der Waals surface area contributed by atoms with E-state index in [1.807, 2.05) is 0 Å². The zero-order valence-electron chi connectivity index (χ0n) is 10.5. The van der Waals surface area contributed by atoms with Gasteiger partial charge in [-0.1, -0.05) is 23.7 Å². The van der Waals surface area contributed by atoms with E-state index in [0.29, 0.717) is 17.7 Å². The first kappa shape index (κ1) is 14.0. The van der Waals surface area contributed by atoms with Crippen LogP contribution in [0.3, 0.4) is 0 Å². The predicted molar refractivity (Wildman–Crippen MR) is 75.4 cm³/mol. The number of carbonyl (C=O) groups excluding carboxylic acids is 2. The summed E-state index contributed by atoms with van der Waals surface area (Å²) in [5, 5.41) is 2.99. The van der Waals surface area contributed by atoms with Crippen LogP contribution in [0.25, 0.3) is 0 Å². The molecule has 1 aromatic carbocycles. The molecule has 0 aliphatic rings. The summed E-state index contributed by atoms with van der Waals surface area (Å²) in [5.41, 5.74) is 6.82. The SMILES string of the molecule is NC(=O)c1cccc(CNC(=O)c2ccnc(Cl)c2)c1. The quantitative estimate of drug-likeness (QED) is 0.841. The maximum Gasteiger partial charge on any atom is 0.251 e. The van der Waals surface area contributed by atoms with Gasteiger partial charge in [-0.3, -0.25) is 9.59 Å². The number of halogens is 1. The van der Waals surface area contributed by atoms with E-state index in [-0.39, 0.29) is 11.1 Å². The van der Waals surface area contributed by atoms with Gasteiger partial charge in [0.2, 0.25) is 5.91 Å². The van der Waals surface area contributed by atoms with E-state index in [2.05, 4.69) is 10.3 Å². The van der Waals surface area contributed by atoms with E-state index in [1.54, 1.807) is 30.3 Å². The Morgan fingerprint density at radius 3 is 2.70 bits per heavy atom. The first-order valence-electron chi connectivity index (χ1n) is 5.85. The lowest BCUT2D eigenvalue weighted by Gasteiger charge is -2.06. The molecule has 0 radical (unpaired) electrons. The lowest BCUT2D eigenvalue weighted by molar-refractivity contribution is 0.0950. The molecule has 2 rings (SSSR count). The third-order valence-electron chi connectivity index (χ3n) is 2.65. The highest BCUT2D eigenvalue weighted by Gasteiger charge is 2.07. The summed E-state index contributed by atoms with van der Waals surface area (Å²) in [7, 11) is 0. The number of nitrogens with one attached hydrogen (secondary N) is 1. The zero-order chi connectivity index (χ0) is 14.5. The fourth-order valence-electron chi connectivity index (χ4n) is 1.66. The second kappa shape index (κ2) is 6.16. The minimum atomic E-state index is -0.501. The van der Waals surface area contributed by atoms with Gasteiger partial charge in [0, 0.05) is 23.9 Å². The normalized spacial score (nSPS) is 10.1. The van der Waals surface area contributed by atoms with Crippen molar-refractivity contribution in [3.8, 4) is 0 Å².